The van der Waals surface area contributed by atoms with E-state index in [9.17, 15) is 9.59 Å². The first-order valence-electron chi connectivity index (χ1n) is 10.4. The number of hydrogen-bond donors (Lipinski definition) is 2. The highest BCUT2D eigenvalue weighted by molar-refractivity contribution is 5.87. The molecule has 4 aliphatic rings. The Hall–Kier alpha value is -1.98. The van der Waals surface area contributed by atoms with Crippen molar-refractivity contribution in [3.8, 4) is 0 Å². The molecule has 148 valence electrons. The van der Waals surface area contributed by atoms with Gasteiger partial charge in [0.1, 0.15) is 0 Å². The molecule has 0 bridgehead atoms. The Morgan fingerprint density at radius 2 is 1.33 bits per heavy atom. The summed E-state index contributed by atoms with van der Waals surface area (Å²) < 4.78 is 11.4. The van der Waals surface area contributed by atoms with E-state index in [0.29, 0.717) is 6.54 Å². The molecule has 2 aliphatic heterocycles. The van der Waals surface area contributed by atoms with Crippen molar-refractivity contribution >= 4 is 11.9 Å². The third-order valence-electron chi connectivity index (χ3n) is 6.42. The van der Waals surface area contributed by atoms with E-state index in [4.69, 9.17) is 9.47 Å². The normalized spacial score (nSPS) is 27.0. The third-order valence-corrected chi connectivity index (χ3v) is 6.42. The lowest BCUT2D eigenvalue weighted by atomic mass is 9.82. The van der Waals surface area contributed by atoms with Gasteiger partial charge < -0.3 is 20.1 Å². The SMILES string of the molecule is C[C@H](CNC1=CC(=O)OC12CCCCC2)NC1=CC(=O)OC12CCCCC2. The quantitative estimate of drug-likeness (QED) is 0.721. The maximum atomic E-state index is 11.9. The highest BCUT2D eigenvalue weighted by Crippen LogP contribution is 2.41. The Morgan fingerprint density at radius 1 is 0.852 bits per heavy atom. The summed E-state index contributed by atoms with van der Waals surface area (Å²) in [6.07, 6.45) is 13.6. The summed E-state index contributed by atoms with van der Waals surface area (Å²) >= 11 is 0. The molecule has 0 unspecified atom stereocenters. The summed E-state index contributed by atoms with van der Waals surface area (Å²) in [4.78, 5) is 23.8. The second-order valence-corrected chi connectivity index (χ2v) is 8.49. The molecular weight excluding hydrogens is 344 g/mol. The van der Waals surface area contributed by atoms with Crippen LogP contribution >= 0.6 is 0 Å². The van der Waals surface area contributed by atoms with Crippen LogP contribution in [0.25, 0.3) is 0 Å². The van der Waals surface area contributed by atoms with Gasteiger partial charge in [0.25, 0.3) is 0 Å². The summed E-state index contributed by atoms with van der Waals surface area (Å²) in [6.45, 7) is 2.74. The van der Waals surface area contributed by atoms with E-state index in [1.165, 1.54) is 12.8 Å². The van der Waals surface area contributed by atoms with Gasteiger partial charge in [0.2, 0.25) is 0 Å². The first kappa shape index (κ1) is 18.4. The van der Waals surface area contributed by atoms with Gasteiger partial charge in [0.15, 0.2) is 11.2 Å². The lowest BCUT2D eigenvalue weighted by Gasteiger charge is -2.37. The number of hydrogen-bond acceptors (Lipinski definition) is 6. The third kappa shape index (κ3) is 3.58. The maximum Gasteiger partial charge on any atom is 0.333 e. The smallest absolute Gasteiger partial charge is 0.333 e. The fraction of sp³-hybridized carbons (Fsp3) is 0.714. The maximum absolute atomic E-state index is 11.9. The minimum Gasteiger partial charge on any atom is -0.449 e. The van der Waals surface area contributed by atoms with Crippen molar-refractivity contribution in [2.75, 3.05) is 6.54 Å². The Balaban J connectivity index is 1.37. The Morgan fingerprint density at radius 3 is 1.89 bits per heavy atom. The predicted octanol–water partition coefficient (Wildman–Crippen LogP) is 2.84. The predicted molar refractivity (Wildman–Crippen MR) is 101 cm³/mol. The van der Waals surface area contributed by atoms with Gasteiger partial charge in [-0.1, -0.05) is 12.8 Å². The largest absolute Gasteiger partial charge is 0.449 e. The number of nitrogens with one attached hydrogen (secondary N) is 2. The van der Waals surface area contributed by atoms with Crippen LogP contribution in [0.4, 0.5) is 0 Å². The zero-order valence-electron chi connectivity index (χ0n) is 16.1. The summed E-state index contributed by atoms with van der Waals surface area (Å²) in [5.74, 6) is -0.475. The number of esters is 2. The van der Waals surface area contributed by atoms with Crippen LogP contribution in [0, 0.1) is 0 Å². The summed E-state index contributed by atoms with van der Waals surface area (Å²) in [5.41, 5.74) is 0.952. The van der Waals surface area contributed by atoms with Gasteiger partial charge in [-0.15, -0.1) is 0 Å². The van der Waals surface area contributed by atoms with E-state index in [2.05, 4.69) is 17.6 Å². The highest BCUT2D eigenvalue weighted by atomic mass is 16.6. The van der Waals surface area contributed by atoms with Gasteiger partial charge in [-0.25, -0.2) is 9.59 Å². The topological polar surface area (TPSA) is 76.7 Å². The number of ether oxygens (including phenoxy) is 2. The molecule has 6 nitrogen and oxygen atoms in total. The zero-order valence-corrected chi connectivity index (χ0v) is 16.1. The van der Waals surface area contributed by atoms with Crippen molar-refractivity contribution in [3.05, 3.63) is 23.5 Å². The summed E-state index contributed by atoms with van der Waals surface area (Å²) in [5, 5.41) is 6.94. The van der Waals surface area contributed by atoms with Gasteiger partial charge in [0.05, 0.1) is 11.4 Å². The number of carbonyl (C=O) groups excluding carboxylic acids is 2. The highest BCUT2D eigenvalue weighted by Gasteiger charge is 2.45. The van der Waals surface area contributed by atoms with Crippen LogP contribution in [0.5, 0.6) is 0 Å². The average molecular weight is 374 g/mol. The Kier molecular flexibility index (Phi) is 4.91. The molecule has 6 heteroatoms. The molecule has 0 radical (unpaired) electrons. The van der Waals surface area contributed by atoms with Crippen molar-refractivity contribution in [2.24, 2.45) is 0 Å². The minimum absolute atomic E-state index is 0.0989. The van der Waals surface area contributed by atoms with Crippen LogP contribution < -0.4 is 10.6 Å². The molecule has 2 heterocycles. The molecule has 4 rings (SSSR count). The van der Waals surface area contributed by atoms with Crippen LogP contribution in [0.3, 0.4) is 0 Å². The molecule has 2 aliphatic carbocycles. The van der Waals surface area contributed by atoms with Crippen LogP contribution in [0.2, 0.25) is 0 Å². The second-order valence-electron chi connectivity index (χ2n) is 8.49. The fourth-order valence-electron chi connectivity index (χ4n) is 5.01. The molecule has 2 fully saturated rings. The van der Waals surface area contributed by atoms with Crippen LogP contribution in [0.15, 0.2) is 23.5 Å². The van der Waals surface area contributed by atoms with E-state index < -0.39 is 11.2 Å². The Bertz CT molecular complexity index is 670. The summed E-state index contributed by atoms with van der Waals surface area (Å²) in [6, 6.07) is 0.0989. The van der Waals surface area contributed by atoms with Gasteiger partial charge in [0, 0.05) is 24.7 Å². The molecule has 0 amide bonds. The molecule has 2 N–H and O–H groups in total. The zero-order chi connectivity index (χ0) is 18.9. The van der Waals surface area contributed by atoms with E-state index in [-0.39, 0.29) is 18.0 Å². The number of carbonyl (C=O) groups is 2. The molecule has 0 saturated heterocycles. The molecule has 0 aromatic carbocycles. The first-order chi connectivity index (χ1) is 13.0. The lowest BCUT2D eigenvalue weighted by molar-refractivity contribution is -0.149. The van der Waals surface area contributed by atoms with Crippen molar-refractivity contribution in [2.45, 2.75) is 88.4 Å². The van der Waals surface area contributed by atoms with Crippen molar-refractivity contribution < 1.29 is 19.1 Å². The molecular formula is C21H30N2O4. The van der Waals surface area contributed by atoms with Gasteiger partial charge in [-0.3, -0.25) is 0 Å². The van der Waals surface area contributed by atoms with Gasteiger partial charge in [-0.2, -0.15) is 0 Å². The summed E-state index contributed by atoms with van der Waals surface area (Å²) in [7, 11) is 0. The van der Waals surface area contributed by atoms with Crippen molar-refractivity contribution in [3.63, 3.8) is 0 Å². The molecule has 0 aromatic rings. The average Bonchev–Trinajstić information content (AvgIpc) is 3.10. The second kappa shape index (κ2) is 7.21. The number of rotatable bonds is 5. The van der Waals surface area contributed by atoms with Gasteiger partial charge >= 0.3 is 11.9 Å². The minimum atomic E-state index is -0.445. The lowest BCUT2D eigenvalue weighted by Crippen LogP contribution is -2.46. The Labute approximate surface area is 160 Å². The molecule has 1 atom stereocenters. The van der Waals surface area contributed by atoms with E-state index in [0.717, 1.165) is 62.8 Å². The first-order valence-corrected chi connectivity index (χ1v) is 10.4. The molecule has 2 saturated carbocycles. The van der Waals surface area contributed by atoms with E-state index in [1.54, 1.807) is 12.2 Å². The monoisotopic (exact) mass is 374 g/mol. The fourth-order valence-corrected chi connectivity index (χ4v) is 5.01. The molecule has 2 spiro atoms. The van der Waals surface area contributed by atoms with Crippen molar-refractivity contribution in [1.29, 1.82) is 0 Å². The molecule has 0 aromatic heterocycles. The molecule has 27 heavy (non-hydrogen) atoms. The van der Waals surface area contributed by atoms with Crippen LogP contribution in [0.1, 0.15) is 71.1 Å². The standard InChI is InChI=1S/C21H30N2O4/c1-15(23-17-13-19(25)27-21(17)10-6-3-7-11-21)14-22-16-12-18(24)26-20(16)8-4-2-5-9-20/h12-13,15,22-23H,2-11,14H2,1H3/t15-/m1/s1. The van der Waals surface area contributed by atoms with Gasteiger partial charge in [-0.05, 0) is 58.3 Å². The van der Waals surface area contributed by atoms with E-state index in [1.807, 2.05) is 0 Å². The van der Waals surface area contributed by atoms with Crippen molar-refractivity contribution in [1.82, 2.24) is 10.6 Å². The van der Waals surface area contributed by atoms with Crippen LogP contribution in [-0.4, -0.2) is 35.7 Å². The van der Waals surface area contributed by atoms with Crippen LogP contribution in [-0.2, 0) is 19.1 Å². The van der Waals surface area contributed by atoms with E-state index >= 15 is 0 Å².